The predicted octanol–water partition coefficient (Wildman–Crippen LogP) is 5.88. The lowest BCUT2D eigenvalue weighted by molar-refractivity contribution is -0.158. The zero-order chi connectivity index (χ0) is 30.0. The molecule has 3 unspecified atom stereocenters. The molecule has 0 saturated carbocycles. The van der Waals surface area contributed by atoms with Crippen molar-refractivity contribution in [2.24, 2.45) is 16.7 Å². The topological polar surface area (TPSA) is 108 Å². The highest BCUT2D eigenvalue weighted by Crippen LogP contribution is 2.37. The van der Waals surface area contributed by atoms with Gasteiger partial charge in [0.05, 0.1) is 32.3 Å². The number of furan rings is 1. The zero-order valence-corrected chi connectivity index (χ0v) is 25.2. The first-order valence-corrected chi connectivity index (χ1v) is 14.2. The number of fused-ring (bicyclic) bond motifs is 1. The van der Waals surface area contributed by atoms with Gasteiger partial charge >= 0.3 is 5.97 Å². The van der Waals surface area contributed by atoms with Crippen molar-refractivity contribution >= 4 is 16.9 Å². The number of rotatable bonds is 15. The third kappa shape index (κ3) is 11.1. The molecule has 3 atom stereocenters. The molecule has 3 aromatic rings. The molecule has 0 saturated heterocycles. The van der Waals surface area contributed by atoms with Gasteiger partial charge in [-0.1, -0.05) is 71.9 Å². The van der Waals surface area contributed by atoms with Crippen molar-refractivity contribution < 1.29 is 38.4 Å². The Hall–Kier alpha value is -2.91. The molecule has 1 heterocycles. The van der Waals surface area contributed by atoms with Crippen molar-refractivity contribution in [1.29, 1.82) is 0 Å². The molecule has 0 aliphatic rings. The van der Waals surface area contributed by atoms with E-state index in [0.29, 0.717) is 17.8 Å². The van der Waals surface area contributed by atoms with Crippen molar-refractivity contribution in [1.82, 2.24) is 0 Å². The number of aliphatic hydroxyl groups is 2. The summed E-state index contributed by atoms with van der Waals surface area (Å²) in [6, 6.07) is 17.4. The molecular formula is C33H46O8. The largest absolute Gasteiger partial charge is 0.491 e. The van der Waals surface area contributed by atoms with Crippen LogP contribution in [-0.2, 0) is 19.0 Å². The molecular weight excluding hydrogens is 524 g/mol. The lowest BCUT2D eigenvalue weighted by Gasteiger charge is -2.34. The fraction of sp³-hybridized carbons (Fsp3) is 0.545. The van der Waals surface area contributed by atoms with Crippen LogP contribution in [0.3, 0.4) is 0 Å². The lowest BCUT2D eigenvalue weighted by Crippen LogP contribution is -2.35. The van der Waals surface area contributed by atoms with Crippen molar-refractivity contribution in [2.45, 2.75) is 60.2 Å². The molecule has 0 radical (unpaired) electrons. The predicted molar refractivity (Wildman–Crippen MR) is 159 cm³/mol. The number of carbonyl (C=O) groups excluding carboxylic acids is 1. The highest BCUT2D eigenvalue weighted by molar-refractivity contribution is 5.84. The first kappa shape index (κ1) is 32.6. The molecule has 0 bridgehead atoms. The van der Waals surface area contributed by atoms with Gasteiger partial charge in [0.15, 0.2) is 0 Å². The number of esters is 1. The summed E-state index contributed by atoms with van der Waals surface area (Å²) in [5.74, 6) is 0.815. The van der Waals surface area contributed by atoms with Gasteiger partial charge in [0.1, 0.15) is 42.5 Å². The van der Waals surface area contributed by atoms with Gasteiger partial charge < -0.3 is 33.6 Å². The van der Waals surface area contributed by atoms with Crippen LogP contribution in [0.4, 0.5) is 0 Å². The molecule has 0 spiro atoms. The average molecular weight is 571 g/mol. The van der Waals surface area contributed by atoms with Crippen LogP contribution in [0.25, 0.3) is 22.3 Å². The summed E-state index contributed by atoms with van der Waals surface area (Å²) < 4.78 is 28.0. The van der Waals surface area contributed by atoms with Crippen molar-refractivity contribution in [3.63, 3.8) is 0 Å². The van der Waals surface area contributed by atoms with E-state index in [9.17, 15) is 15.0 Å². The second-order valence-corrected chi connectivity index (χ2v) is 12.8. The summed E-state index contributed by atoms with van der Waals surface area (Å²) >= 11 is 0. The summed E-state index contributed by atoms with van der Waals surface area (Å²) in [6.07, 6.45) is -1.05. The first-order valence-electron chi connectivity index (χ1n) is 14.2. The molecule has 0 amide bonds. The molecule has 8 heteroatoms. The van der Waals surface area contributed by atoms with Crippen LogP contribution in [0, 0.1) is 16.7 Å². The Labute approximate surface area is 243 Å². The number of hydrogen-bond acceptors (Lipinski definition) is 8. The number of ether oxygens (including phenoxy) is 4. The monoisotopic (exact) mass is 570 g/mol. The molecule has 2 aromatic carbocycles. The summed E-state index contributed by atoms with van der Waals surface area (Å²) in [5, 5.41) is 21.3. The fourth-order valence-electron chi connectivity index (χ4n) is 4.33. The minimum atomic E-state index is -0.927. The Morgan fingerprint density at radius 1 is 0.829 bits per heavy atom. The van der Waals surface area contributed by atoms with Gasteiger partial charge in [0, 0.05) is 17.0 Å². The quantitative estimate of drug-likeness (QED) is 0.172. The van der Waals surface area contributed by atoms with Gasteiger partial charge in [-0.25, -0.2) is 0 Å². The van der Waals surface area contributed by atoms with E-state index in [1.807, 2.05) is 69.3 Å². The Balaban J connectivity index is 1.29. The maximum absolute atomic E-state index is 12.7. The van der Waals surface area contributed by atoms with Crippen LogP contribution >= 0.6 is 0 Å². The SMILES string of the molecule is CC(C)(C)CC(C(=O)OCC(O)COCCOCC(O)COc1ccc2cc(-c3ccccc3)oc2c1)C(C)(C)C. The maximum Gasteiger partial charge on any atom is 0.309 e. The third-order valence-electron chi connectivity index (χ3n) is 6.55. The molecule has 226 valence electrons. The Morgan fingerprint density at radius 2 is 1.46 bits per heavy atom. The summed E-state index contributed by atoms with van der Waals surface area (Å²) in [7, 11) is 0. The molecule has 41 heavy (non-hydrogen) atoms. The highest BCUT2D eigenvalue weighted by atomic mass is 16.6. The molecule has 3 rings (SSSR count). The molecule has 1 aromatic heterocycles. The van der Waals surface area contributed by atoms with E-state index in [-0.39, 0.29) is 62.4 Å². The molecule has 2 N–H and O–H groups in total. The van der Waals surface area contributed by atoms with E-state index < -0.39 is 12.2 Å². The number of hydrogen-bond donors (Lipinski definition) is 2. The van der Waals surface area contributed by atoms with Gasteiger partial charge in [-0.15, -0.1) is 0 Å². The minimum Gasteiger partial charge on any atom is -0.491 e. The zero-order valence-electron chi connectivity index (χ0n) is 25.2. The molecule has 0 aliphatic carbocycles. The van der Waals surface area contributed by atoms with E-state index in [4.69, 9.17) is 23.4 Å². The van der Waals surface area contributed by atoms with Gasteiger partial charge in [0.25, 0.3) is 0 Å². The molecule has 0 fully saturated rings. The third-order valence-corrected chi connectivity index (χ3v) is 6.55. The smallest absolute Gasteiger partial charge is 0.309 e. The van der Waals surface area contributed by atoms with Gasteiger partial charge in [-0.3, -0.25) is 4.79 Å². The number of benzene rings is 2. The standard InChI is InChI=1S/C33H46O8/c1-32(2,3)18-28(33(4,5)6)31(36)40-22-26(35)20-38-15-14-37-19-25(34)21-39-27-13-12-24-16-29(41-30(24)17-27)23-10-8-7-9-11-23/h7-13,16-17,25-26,28,34-35H,14-15,18-22H2,1-6H3. The highest BCUT2D eigenvalue weighted by Gasteiger charge is 2.36. The second kappa shape index (κ2) is 14.8. The van der Waals surface area contributed by atoms with Crippen molar-refractivity contribution in [3.8, 4) is 17.1 Å². The van der Waals surface area contributed by atoms with Crippen LogP contribution in [0.15, 0.2) is 59.0 Å². The van der Waals surface area contributed by atoms with E-state index in [2.05, 4.69) is 20.8 Å². The van der Waals surface area contributed by atoms with Gasteiger partial charge in [-0.05, 0) is 35.4 Å². The van der Waals surface area contributed by atoms with Crippen LogP contribution < -0.4 is 4.74 Å². The van der Waals surface area contributed by atoms with Gasteiger partial charge in [0.2, 0.25) is 0 Å². The average Bonchev–Trinajstić information content (AvgIpc) is 3.34. The normalized spacial score (nSPS) is 14.5. The summed E-state index contributed by atoms with van der Waals surface area (Å²) in [6.45, 7) is 12.9. The van der Waals surface area contributed by atoms with Crippen LogP contribution in [0.1, 0.15) is 48.0 Å². The van der Waals surface area contributed by atoms with Crippen molar-refractivity contribution in [2.75, 3.05) is 39.6 Å². The van der Waals surface area contributed by atoms with E-state index in [0.717, 1.165) is 16.7 Å². The maximum atomic E-state index is 12.7. The Morgan fingerprint density at radius 3 is 2.07 bits per heavy atom. The summed E-state index contributed by atoms with van der Waals surface area (Å²) in [5.41, 5.74) is 1.46. The van der Waals surface area contributed by atoms with E-state index in [1.54, 1.807) is 6.07 Å². The second-order valence-electron chi connectivity index (χ2n) is 12.8. The molecule has 0 aliphatic heterocycles. The van der Waals surface area contributed by atoms with Crippen LogP contribution in [-0.4, -0.2) is 68.0 Å². The first-order chi connectivity index (χ1) is 19.3. The van der Waals surface area contributed by atoms with Crippen molar-refractivity contribution in [3.05, 3.63) is 54.6 Å². The van der Waals surface area contributed by atoms with Crippen LogP contribution in [0.5, 0.6) is 5.75 Å². The van der Waals surface area contributed by atoms with Gasteiger partial charge in [-0.2, -0.15) is 0 Å². The Bertz CT molecular complexity index is 1210. The summed E-state index contributed by atoms with van der Waals surface area (Å²) in [4.78, 5) is 12.7. The van der Waals surface area contributed by atoms with E-state index >= 15 is 0 Å². The Kier molecular flexibility index (Phi) is 11.8. The lowest BCUT2D eigenvalue weighted by atomic mass is 9.72. The minimum absolute atomic E-state index is 0.0141. The number of aliphatic hydroxyl groups excluding tert-OH is 2. The van der Waals surface area contributed by atoms with Crippen LogP contribution in [0.2, 0.25) is 0 Å². The molecule has 8 nitrogen and oxygen atoms in total. The number of carbonyl (C=O) groups is 1. The van der Waals surface area contributed by atoms with E-state index in [1.165, 1.54) is 0 Å². The fourth-order valence-corrected chi connectivity index (χ4v) is 4.33.